The molecule has 0 aromatic carbocycles. The smallest absolute Gasteiger partial charge is 0.0707 e. The average molecular weight is 282 g/mol. The van der Waals surface area contributed by atoms with Gasteiger partial charge in [-0.2, -0.15) is 0 Å². The number of rotatable bonds is 5. The Morgan fingerprint density at radius 2 is 1.85 bits per heavy atom. The van der Waals surface area contributed by atoms with Crippen molar-refractivity contribution in [2.24, 2.45) is 0 Å². The zero-order valence-corrected chi connectivity index (χ0v) is 14.0. The maximum Gasteiger partial charge on any atom is 0.0707 e. The van der Waals surface area contributed by atoms with Crippen LogP contribution in [0.5, 0.6) is 0 Å². The van der Waals surface area contributed by atoms with Crippen LogP contribution in [0.15, 0.2) is 0 Å². The number of hydrogen-bond acceptors (Lipinski definition) is 3. The molecule has 3 unspecified atom stereocenters. The lowest BCUT2D eigenvalue weighted by Crippen LogP contribution is -2.44. The number of nitrogens with one attached hydrogen (secondary N) is 1. The van der Waals surface area contributed by atoms with E-state index in [2.05, 4.69) is 37.9 Å². The Labute approximate surface area is 125 Å². The number of hydrogen-bond donors (Lipinski definition) is 1. The van der Waals surface area contributed by atoms with Crippen molar-refractivity contribution in [3.8, 4) is 0 Å². The summed E-state index contributed by atoms with van der Waals surface area (Å²) in [6.45, 7) is 12.4. The Morgan fingerprint density at radius 1 is 1.10 bits per heavy atom. The van der Waals surface area contributed by atoms with Crippen LogP contribution in [0, 0.1) is 0 Å². The third kappa shape index (κ3) is 5.01. The van der Waals surface area contributed by atoms with E-state index < -0.39 is 0 Å². The summed E-state index contributed by atoms with van der Waals surface area (Å²) in [5, 5.41) is 3.57. The van der Waals surface area contributed by atoms with Crippen LogP contribution in [0.2, 0.25) is 0 Å². The van der Waals surface area contributed by atoms with E-state index in [4.69, 9.17) is 4.74 Å². The van der Waals surface area contributed by atoms with Gasteiger partial charge in [-0.1, -0.05) is 13.3 Å². The third-order valence-electron chi connectivity index (χ3n) is 4.71. The van der Waals surface area contributed by atoms with Gasteiger partial charge in [-0.25, -0.2) is 0 Å². The van der Waals surface area contributed by atoms with E-state index in [0.717, 1.165) is 19.1 Å². The second-order valence-electron chi connectivity index (χ2n) is 7.64. The van der Waals surface area contributed by atoms with Gasteiger partial charge in [-0.05, 0) is 59.4 Å². The molecular weight excluding hydrogens is 248 g/mol. The Bertz CT molecular complexity index is 287. The normalized spacial score (nSPS) is 32.7. The number of nitrogens with zero attached hydrogens (tertiary/aromatic N) is 1. The maximum atomic E-state index is 6.25. The molecule has 0 aliphatic carbocycles. The van der Waals surface area contributed by atoms with Gasteiger partial charge in [0.15, 0.2) is 0 Å². The number of likely N-dealkylation sites (tertiary alicyclic amines) is 1. The zero-order valence-electron chi connectivity index (χ0n) is 14.0. The van der Waals surface area contributed by atoms with Crippen LogP contribution in [0.1, 0.15) is 66.2 Å². The summed E-state index contributed by atoms with van der Waals surface area (Å²) in [6.07, 6.45) is 8.82. The molecule has 0 bridgehead atoms. The highest BCUT2D eigenvalue weighted by Gasteiger charge is 2.30. The predicted octanol–water partition coefficient (Wildman–Crippen LogP) is 3.19. The molecule has 1 N–H and O–H groups in total. The van der Waals surface area contributed by atoms with Crippen LogP contribution in [0.4, 0.5) is 0 Å². The largest absolute Gasteiger partial charge is 0.372 e. The van der Waals surface area contributed by atoms with Gasteiger partial charge < -0.3 is 10.1 Å². The molecule has 0 aromatic rings. The molecule has 2 fully saturated rings. The average Bonchev–Trinajstić information content (AvgIpc) is 2.84. The summed E-state index contributed by atoms with van der Waals surface area (Å²) < 4.78 is 6.25. The molecule has 0 aromatic heterocycles. The molecule has 20 heavy (non-hydrogen) atoms. The first kappa shape index (κ1) is 16.3. The molecule has 0 amide bonds. The summed E-state index contributed by atoms with van der Waals surface area (Å²) in [4.78, 5) is 2.69. The molecule has 2 aliphatic rings. The fourth-order valence-electron chi connectivity index (χ4n) is 3.51. The minimum absolute atomic E-state index is 0.196. The standard InChI is InChI=1S/C17H34N2O/c1-5-14-8-6-7-11-19(14)13-16-10-9-15(20-16)12-18-17(2,3)4/h14-16,18H,5-13H2,1-4H3. The monoisotopic (exact) mass is 282 g/mol. The van der Waals surface area contributed by atoms with Crippen LogP contribution in [-0.2, 0) is 4.74 Å². The molecule has 2 saturated heterocycles. The second-order valence-corrected chi connectivity index (χ2v) is 7.64. The van der Waals surface area contributed by atoms with Crippen molar-refractivity contribution < 1.29 is 4.74 Å². The van der Waals surface area contributed by atoms with Gasteiger partial charge in [-0.3, -0.25) is 4.90 Å². The molecule has 3 atom stereocenters. The fourth-order valence-corrected chi connectivity index (χ4v) is 3.51. The van der Waals surface area contributed by atoms with Crippen molar-refractivity contribution in [1.29, 1.82) is 0 Å². The van der Waals surface area contributed by atoms with Gasteiger partial charge in [0.2, 0.25) is 0 Å². The first-order valence-corrected chi connectivity index (χ1v) is 8.62. The first-order chi connectivity index (χ1) is 9.48. The van der Waals surface area contributed by atoms with Crippen LogP contribution in [0.25, 0.3) is 0 Å². The lowest BCUT2D eigenvalue weighted by molar-refractivity contribution is 0.00508. The van der Waals surface area contributed by atoms with E-state index in [9.17, 15) is 0 Å². The van der Waals surface area contributed by atoms with Crippen LogP contribution >= 0.6 is 0 Å². The van der Waals surface area contributed by atoms with E-state index >= 15 is 0 Å². The van der Waals surface area contributed by atoms with Crippen molar-refractivity contribution in [2.45, 2.75) is 90.0 Å². The fraction of sp³-hybridized carbons (Fsp3) is 1.00. The Hall–Kier alpha value is -0.120. The summed E-state index contributed by atoms with van der Waals surface area (Å²) >= 11 is 0. The summed E-state index contributed by atoms with van der Waals surface area (Å²) in [6, 6.07) is 0.805. The predicted molar refractivity (Wildman–Crippen MR) is 85.2 cm³/mol. The van der Waals surface area contributed by atoms with Crippen molar-refractivity contribution >= 4 is 0 Å². The van der Waals surface area contributed by atoms with Crippen LogP contribution < -0.4 is 5.32 Å². The Morgan fingerprint density at radius 3 is 2.55 bits per heavy atom. The van der Waals surface area contributed by atoms with Gasteiger partial charge in [0, 0.05) is 24.7 Å². The zero-order chi connectivity index (χ0) is 14.6. The van der Waals surface area contributed by atoms with Crippen molar-refractivity contribution in [3.63, 3.8) is 0 Å². The minimum atomic E-state index is 0.196. The van der Waals surface area contributed by atoms with E-state index in [-0.39, 0.29) is 5.54 Å². The molecule has 0 saturated carbocycles. The summed E-state index contributed by atoms with van der Waals surface area (Å²) in [7, 11) is 0. The highest BCUT2D eigenvalue weighted by molar-refractivity contribution is 4.83. The summed E-state index contributed by atoms with van der Waals surface area (Å²) in [5.41, 5.74) is 0.196. The molecule has 3 heteroatoms. The third-order valence-corrected chi connectivity index (χ3v) is 4.71. The molecule has 0 radical (unpaired) electrons. The Balaban J connectivity index is 1.72. The van der Waals surface area contributed by atoms with Gasteiger partial charge in [0.05, 0.1) is 12.2 Å². The molecule has 2 heterocycles. The maximum absolute atomic E-state index is 6.25. The lowest BCUT2D eigenvalue weighted by Gasteiger charge is -2.36. The van der Waals surface area contributed by atoms with Crippen molar-refractivity contribution in [2.75, 3.05) is 19.6 Å². The van der Waals surface area contributed by atoms with Crippen LogP contribution in [0.3, 0.4) is 0 Å². The van der Waals surface area contributed by atoms with E-state index in [0.29, 0.717) is 12.2 Å². The quantitative estimate of drug-likeness (QED) is 0.838. The first-order valence-electron chi connectivity index (χ1n) is 8.62. The highest BCUT2D eigenvalue weighted by atomic mass is 16.5. The van der Waals surface area contributed by atoms with Crippen LogP contribution in [-0.4, -0.2) is 48.3 Å². The molecule has 2 aliphatic heterocycles. The molecule has 0 spiro atoms. The van der Waals surface area contributed by atoms with Gasteiger partial charge >= 0.3 is 0 Å². The van der Waals surface area contributed by atoms with Crippen molar-refractivity contribution in [1.82, 2.24) is 10.2 Å². The lowest BCUT2D eigenvalue weighted by atomic mass is 9.99. The van der Waals surface area contributed by atoms with Crippen molar-refractivity contribution in [3.05, 3.63) is 0 Å². The van der Waals surface area contributed by atoms with Gasteiger partial charge in [0.1, 0.15) is 0 Å². The molecule has 3 nitrogen and oxygen atoms in total. The molecule has 2 rings (SSSR count). The SMILES string of the molecule is CCC1CCCCN1CC1CCC(CNC(C)(C)C)O1. The minimum Gasteiger partial charge on any atom is -0.372 e. The highest BCUT2D eigenvalue weighted by Crippen LogP contribution is 2.25. The molecule has 118 valence electrons. The van der Waals surface area contributed by atoms with E-state index in [1.807, 2.05) is 0 Å². The summed E-state index contributed by atoms with van der Waals surface area (Å²) in [5.74, 6) is 0. The van der Waals surface area contributed by atoms with Gasteiger partial charge in [0.25, 0.3) is 0 Å². The second kappa shape index (κ2) is 7.24. The van der Waals surface area contributed by atoms with Gasteiger partial charge in [-0.15, -0.1) is 0 Å². The van der Waals surface area contributed by atoms with E-state index in [1.54, 1.807) is 0 Å². The number of ether oxygens (including phenoxy) is 1. The number of piperidine rings is 1. The van der Waals surface area contributed by atoms with E-state index in [1.165, 1.54) is 45.1 Å². The Kier molecular flexibility index (Phi) is 5.88. The molecular formula is C17H34N2O. The topological polar surface area (TPSA) is 24.5 Å².